The van der Waals surface area contributed by atoms with Gasteiger partial charge in [0.15, 0.2) is 6.10 Å². The Morgan fingerprint density at radius 2 is 1.92 bits per heavy atom. The third-order valence-corrected chi connectivity index (χ3v) is 4.39. The Hall–Kier alpha value is -2.82. The number of aryl methyl sites for hydroxylation is 2. The molecule has 0 bridgehead atoms. The first-order valence-electron chi connectivity index (χ1n) is 8.93. The molecule has 1 atom stereocenters. The molecule has 2 aromatic rings. The van der Waals surface area contributed by atoms with Crippen molar-refractivity contribution < 1.29 is 19.1 Å². The molecule has 0 radical (unpaired) electrons. The van der Waals surface area contributed by atoms with E-state index in [0.29, 0.717) is 17.9 Å². The molecule has 0 aromatic heterocycles. The summed E-state index contributed by atoms with van der Waals surface area (Å²) in [6.45, 7) is 3.74. The lowest BCUT2D eigenvalue weighted by Crippen LogP contribution is -2.30. The summed E-state index contributed by atoms with van der Waals surface area (Å²) in [6, 6.07) is 12.7. The van der Waals surface area contributed by atoms with Crippen LogP contribution in [0, 0.1) is 0 Å². The fourth-order valence-corrected chi connectivity index (χ4v) is 3.06. The molecule has 5 nitrogen and oxygen atoms in total. The van der Waals surface area contributed by atoms with E-state index in [0.717, 1.165) is 18.5 Å². The van der Waals surface area contributed by atoms with E-state index in [4.69, 9.17) is 9.47 Å². The summed E-state index contributed by atoms with van der Waals surface area (Å²) < 4.78 is 10.7. The van der Waals surface area contributed by atoms with Crippen molar-refractivity contribution >= 4 is 17.6 Å². The number of fused-ring (bicyclic) bond motifs is 1. The molecule has 0 saturated heterocycles. The molecule has 3 rings (SSSR count). The zero-order valence-electron chi connectivity index (χ0n) is 15.1. The summed E-state index contributed by atoms with van der Waals surface area (Å²) in [5.74, 6) is -0.190. The van der Waals surface area contributed by atoms with E-state index in [9.17, 15) is 9.59 Å². The van der Waals surface area contributed by atoms with Crippen LogP contribution in [0.5, 0.6) is 5.75 Å². The van der Waals surface area contributed by atoms with Crippen molar-refractivity contribution in [3.8, 4) is 5.75 Å². The number of benzene rings is 2. The average Bonchev–Trinajstić information content (AvgIpc) is 3.10. The topological polar surface area (TPSA) is 64.6 Å². The zero-order valence-corrected chi connectivity index (χ0v) is 15.1. The van der Waals surface area contributed by atoms with Crippen molar-refractivity contribution in [2.24, 2.45) is 0 Å². The lowest BCUT2D eigenvalue weighted by Gasteiger charge is -2.16. The van der Waals surface area contributed by atoms with E-state index in [1.807, 2.05) is 12.1 Å². The summed E-state index contributed by atoms with van der Waals surface area (Å²) in [6.07, 6.45) is 2.65. The second-order valence-electron chi connectivity index (χ2n) is 6.33. The Bertz CT molecular complexity index is 815. The van der Waals surface area contributed by atoms with Crippen LogP contribution in [0.2, 0.25) is 0 Å². The number of rotatable bonds is 6. The van der Waals surface area contributed by atoms with Crippen LogP contribution in [-0.2, 0) is 22.4 Å². The van der Waals surface area contributed by atoms with Gasteiger partial charge < -0.3 is 14.8 Å². The van der Waals surface area contributed by atoms with Gasteiger partial charge in [-0.3, -0.25) is 4.79 Å². The number of carbonyl (C=O) groups is 2. The van der Waals surface area contributed by atoms with Gasteiger partial charge in [0, 0.05) is 5.69 Å². The van der Waals surface area contributed by atoms with Crippen LogP contribution >= 0.6 is 0 Å². The molecule has 1 aliphatic rings. The number of nitrogens with one attached hydrogen (secondary N) is 1. The maximum atomic E-state index is 12.4. The third kappa shape index (κ3) is 4.23. The van der Waals surface area contributed by atoms with Gasteiger partial charge in [-0.05, 0) is 74.6 Å². The molecule has 0 spiro atoms. The monoisotopic (exact) mass is 353 g/mol. The van der Waals surface area contributed by atoms with Crippen LogP contribution in [0.25, 0.3) is 0 Å². The van der Waals surface area contributed by atoms with Gasteiger partial charge in [0.2, 0.25) is 0 Å². The molecule has 1 N–H and O–H groups in total. The predicted octanol–water partition coefficient (Wildman–Crippen LogP) is 3.76. The fraction of sp³-hybridized carbons (Fsp3) is 0.333. The predicted molar refractivity (Wildman–Crippen MR) is 99.6 cm³/mol. The molecule has 0 unspecified atom stereocenters. The summed E-state index contributed by atoms with van der Waals surface area (Å²) in [5, 5.41) is 2.89. The van der Waals surface area contributed by atoms with Gasteiger partial charge in [0.1, 0.15) is 5.75 Å². The first-order valence-corrected chi connectivity index (χ1v) is 8.93. The highest BCUT2D eigenvalue weighted by Gasteiger charge is 2.17. The standard InChI is InChI=1S/C21H23NO4/c1-3-25-21(24)17-8-5-9-19(13-17)26-14(2)20(23)22-18-11-10-15-6-4-7-16(15)12-18/h5,8-14H,3-4,6-7H2,1-2H3,(H,22,23)/t14-/m1/s1. The number of carbonyl (C=O) groups excluding carboxylic acids is 2. The number of hydrogen-bond donors (Lipinski definition) is 1. The molecular formula is C21H23NO4. The molecule has 0 aliphatic heterocycles. The number of anilines is 1. The van der Waals surface area contributed by atoms with Crippen LogP contribution in [0.4, 0.5) is 5.69 Å². The molecule has 136 valence electrons. The summed E-state index contributed by atoms with van der Waals surface area (Å²) in [7, 11) is 0. The molecule has 1 amide bonds. The number of hydrogen-bond acceptors (Lipinski definition) is 4. The van der Waals surface area contributed by atoms with Crippen LogP contribution in [-0.4, -0.2) is 24.6 Å². The fourth-order valence-electron chi connectivity index (χ4n) is 3.06. The van der Waals surface area contributed by atoms with Gasteiger partial charge in [0.05, 0.1) is 12.2 Å². The second kappa shape index (κ2) is 8.04. The Kier molecular flexibility index (Phi) is 5.56. The largest absolute Gasteiger partial charge is 0.481 e. The van der Waals surface area contributed by atoms with Crippen molar-refractivity contribution in [1.82, 2.24) is 0 Å². The van der Waals surface area contributed by atoms with Gasteiger partial charge in [0.25, 0.3) is 5.91 Å². The molecular weight excluding hydrogens is 330 g/mol. The highest BCUT2D eigenvalue weighted by Crippen LogP contribution is 2.25. The van der Waals surface area contributed by atoms with Crippen LogP contribution < -0.4 is 10.1 Å². The molecule has 2 aromatic carbocycles. The first-order chi connectivity index (χ1) is 12.6. The van der Waals surface area contributed by atoms with E-state index >= 15 is 0 Å². The van der Waals surface area contributed by atoms with E-state index in [-0.39, 0.29) is 5.91 Å². The van der Waals surface area contributed by atoms with Crippen molar-refractivity contribution in [2.75, 3.05) is 11.9 Å². The van der Waals surface area contributed by atoms with Crippen molar-refractivity contribution in [3.05, 3.63) is 59.2 Å². The summed E-state index contributed by atoms with van der Waals surface area (Å²) >= 11 is 0. The quantitative estimate of drug-likeness (QED) is 0.803. The van der Waals surface area contributed by atoms with Crippen molar-refractivity contribution in [2.45, 2.75) is 39.2 Å². The Balaban J connectivity index is 1.62. The van der Waals surface area contributed by atoms with Gasteiger partial charge in [-0.1, -0.05) is 12.1 Å². The van der Waals surface area contributed by atoms with E-state index in [1.54, 1.807) is 38.1 Å². The highest BCUT2D eigenvalue weighted by molar-refractivity contribution is 5.94. The minimum absolute atomic E-state index is 0.232. The Labute approximate surface area is 153 Å². The van der Waals surface area contributed by atoms with Gasteiger partial charge in [-0.15, -0.1) is 0 Å². The summed E-state index contributed by atoms with van der Waals surface area (Å²) in [4.78, 5) is 24.2. The second-order valence-corrected chi connectivity index (χ2v) is 6.33. The SMILES string of the molecule is CCOC(=O)c1cccc(O[C@H](C)C(=O)Nc2ccc3c(c2)CCC3)c1. The minimum atomic E-state index is -0.694. The summed E-state index contributed by atoms with van der Waals surface area (Å²) in [5.41, 5.74) is 3.85. The molecule has 0 saturated carbocycles. The van der Waals surface area contributed by atoms with Crippen LogP contribution in [0.15, 0.2) is 42.5 Å². The van der Waals surface area contributed by atoms with Crippen LogP contribution in [0.1, 0.15) is 41.8 Å². The Morgan fingerprint density at radius 1 is 1.12 bits per heavy atom. The lowest BCUT2D eigenvalue weighted by molar-refractivity contribution is -0.122. The smallest absolute Gasteiger partial charge is 0.338 e. The average molecular weight is 353 g/mol. The molecule has 0 heterocycles. The van der Waals surface area contributed by atoms with E-state index < -0.39 is 12.1 Å². The normalized spacial score (nSPS) is 13.6. The maximum Gasteiger partial charge on any atom is 0.338 e. The molecule has 26 heavy (non-hydrogen) atoms. The highest BCUT2D eigenvalue weighted by atomic mass is 16.5. The van der Waals surface area contributed by atoms with Gasteiger partial charge >= 0.3 is 5.97 Å². The van der Waals surface area contributed by atoms with E-state index in [2.05, 4.69) is 11.4 Å². The van der Waals surface area contributed by atoms with Gasteiger partial charge in [-0.2, -0.15) is 0 Å². The molecule has 0 fully saturated rings. The van der Waals surface area contributed by atoms with Crippen molar-refractivity contribution in [3.63, 3.8) is 0 Å². The first kappa shape index (κ1) is 18.0. The number of amides is 1. The number of ether oxygens (including phenoxy) is 2. The lowest BCUT2D eigenvalue weighted by atomic mass is 10.1. The third-order valence-electron chi connectivity index (χ3n) is 4.39. The molecule has 1 aliphatic carbocycles. The minimum Gasteiger partial charge on any atom is -0.481 e. The van der Waals surface area contributed by atoms with Crippen molar-refractivity contribution in [1.29, 1.82) is 0 Å². The molecule has 5 heteroatoms. The zero-order chi connectivity index (χ0) is 18.5. The van der Waals surface area contributed by atoms with Crippen LogP contribution in [0.3, 0.4) is 0 Å². The maximum absolute atomic E-state index is 12.4. The van der Waals surface area contributed by atoms with Gasteiger partial charge in [-0.25, -0.2) is 4.79 Å². The Morgan fingerprint density at radius 3 is 2.73 bits per heavy atom. The van der Waals surface area contributed by atoms with E-state index in [1.165, 1.54) is 17.5 Å². The number of esters is 1.